The van der Waals surface area contributed by atoms with Gasteiger partial charge in [-0.25, -0.2) is 4.98 Å². The molecule has 12 heteroatoms. The number of benzene rings is 1. The van der Waals surface area contributed by atoms with E-state index in [-0.39, 0.29) is 34.9 Å². The number of amides is 3. The van der Waals surface area contributed by atoms with E-state index in [2.05, 4.69) is 25.8 Å². The van der Waals surface area contributed by atoms with E-state index in [0.717, 1.165) is 12.8 Å². The number of nitrogens with one attached hydrogen (secondary N) is 3. The first-order valence-electron chi connectivity index (χ1n) is 12.1. The number of ether oxygens (including phenoxy) is 1. The molecule has 0 radical (unpaired) electrons. The zero-order valence-corrected chi connectivity index (χ0v) is 20.0. The van der Waals surface area contributed by atoms with Gasteiger partial charge in [0.15, 0.2) is 17.3 Å². The van der Waals surface area contributed by atoms with Crippen molar-refractivity contribution in [1.82, 2.24) is 25.4 Å². The molecule has 35 heavy (non-hydrogen) atoms. The normalized spacial score (nSPS) is 14.2. The molecule has 1 aliphatic carbocycles. The average Bonchev–Trinajstić information content (AvgIpc) is 3.59. The molecule has 0 unspecified atom stereocenters. The number of carbonyl (C=O) groups is 3. The van der Waals surface area contributed by atoms with Gasteiger partial charge in [-0.15, -0.1) is 21.5 Å². The minimum absolute atomic E-state index is 0.0888. The summed E-state index contributed by atoms with van der Waals surface area (Å²) in [6.07, 6.45) is 3.05. The summed E-state index contributed by atoms with van der Waals surface area (Å²) in [7, 11) is 4.76. The number of aromatic nitrogens is 3. The Hall–Kier alpha value is -4.06. The molecule has 2 heterocycles. The van der Waals surface area contributed by atoms with Crippen LogP contribution in [0.1, 0.15) is 37.1 Å². The molecule has 182 valence electrons. The summed E-state index contributed by atoms with van der Waals surface area (Å²) < 4.78 is 27.7. The maximum absolute atomic E-state index is 12.7. The number of methoxy groups -OCH3 is 1. The summed E-state index contributed by atoms with van der Waals surface area (Å²) in [4.78, 5) is 43.6. The van der Waals surface area contributed by atoms with Crippen LogP contribution in [0.3, 0.4) is 0 Å². The van der Waals surface area contributed by atoms with Gasteiger partial charge in [0.05, 0.1) is 30.2 Å². The second-order valence-electron chi connectivity index (χ2n) is 7.95. The summed E-state index contributed by atoms with van der Waals surface area (Å²) >= 11 is 1.19. The molecule has 3 N–H and O–H groups in total. The first-order valence-corrected chi connectivity index (χ1v) is 11.4. The predicted octanol–water partition coefficient (Wildman–Crippen LogP) is 2.76. The van der Waals surface area contributed by atoms with Gasteiger partial charge in [0.2, 0.25) is 5.91 Å². The van der Waals surface area contributed by atoms with E-state index < -0.39 is 12.9 Å². The fourth-order valence-corrected chi connectivity index (χ4v) is 4.20. The van der Waals surface area contributed by atoms with Crippen LogP contribution in [-0.2, 0) is 4.79 Å². The summed E-state index contributed by atoms with van der Waals surface area (Å²) in [6.45, 7) is -2.75. The summed E-state index contributed by atoms with van der Waals surface area (Å²) in [5.74, 6) is -1.02. The fourth-order valence-electron chi connectivity index (χ4n) is 3.24. The van der Waals surface area contributed by atoms with E-state index in [1.807, 2.05) is 5.32 Å². The highest BCUT2D eigenvalue weighted by atomic mass is 32.1. The van der Waals surface area contributed by atoms with Crippen molar-refractivity contribution in [3.8, 4) is 16.3 Å². The molecule has 2 aromatic heterocycles. The van der Waals surface area contributed by atoms with Gasteiger partial charge in [-0.1, -0.05) is 6.07 Å². The molecular formula is C23H25N7O4S. The molecule has 0 saturated heterocycles. The van der Waals surface area contributed by atoms with Crippen molar-refractivity contribution in [3.05, 3.63) is 41.0 Å². The number of hydrogen-bond acceptors (Lipinski definition) is 9. The van der Waals surface area contributed by atoms with Crippen LogP contribution >= 0.6 is 11.3 Å². The Morgan fingerprint density at radius 3 is 2.69 bits per heavy atom. The monoisotopic (exact) mass is 498 g/mol. The van der Waals surface area contributed by atoms with Crippen molar-refractivity contribution in [2.75, 3.05) is 38.8 Å². The Morgan fingerprint density at radius 1 is 1.20 bits per heavy atom. The summed E-state index contributed by atoms with van der Waals surface area (Å²) in [5.41, 5.74) is 0.770. The lowest BCUT2D eigenvalue weighted by Gasteiger charge is -2.16. The number of nitrogens with zero attached hydrogens (tertiary/aromatic N) is 4. The second-order valence-corrected chi connectivity index (χ2v) is 8.98. The first-order chi connectivity index (χ1) is 18.0. The molecule has 1 fully saturated rings. The van der Waals surface area contributed by atoms with E-state index in [4.69, 9.17) is 8.85 Å². The molecule has 4 rings (SSSR count). The lowest BCUT2D eigenvalue weighted by Crippen LogP contribution is -2.22. The Bertz CT molecular complexity index is 1390. The third kappa shape index (κ3) is 5.22. The largest absolute Gasteiger partial charge is 0.494 e. The average molecular weight is 499 g/mol. The van der Waals surface area contributed by atoms with Gasteiger partial charge in [-0.2, -0.15) is 0 Å². The minimum Gasteiger partial charge on any atom is -0.494 e. The van der Waals surface area contributed by atoms with Crippen molar-refractivity contribution < 1.29 is 23.2 Å². The van der Waals surface area contributed by atoms with Crippen LogP contribution in [0.15, 0.2) is 30.5 Å². The van der Waals surface area contributed by atoms with Crippen LogP contribution in [0, 0.1) is 5.92 Å². The standard InChI is InChI=1S/C23H25N7O4S/c1-24-21(32)18-15(10-17(28-29-18)27-20(31)12-8-9-12)26-14-7-5-6-13(19(14)34-4)22-25-11-16(35-22)23(33)30(2)3/h5-7,10-12H,8-9H2,1-4H3,(H,24,32)(H2,26,27,28,31)/i1D3. The highest BCUT2D eigenvalue weighted by Crippen LogP contribution is 2.40. The maximum Gasteiger partial charge on any atom is 0.273 e. The predicted molar refractivity (Wildman–Crippen MR) is 132 cm³/mol. The number of thiazole rings is 1. The third-order valence-corrected chi connectivity index (χ3v) is 6.18. The zero-order valence-electron chi connectivity index (χ0n) is 22.2. The van der Waals surface area contributed by atoms with E-state index in [1.54, 1.807) is 32.3 Å². The summed E-state index contributed by atoms with van der Waals surface area (Å²) in [6, 6.07) is 6.56. The van der Waals surface area contributed by atoms with Crippen LogP contribution in [0.25, 0.3) is 10.6 Å². The lowest BCUT2D eigenvalue weighted by molar-refractivity contribution is -0.117. The minimum atomic E-state index is -2.75. The molecular weight excluding hydrogens is 470 g/mol. The Kier molecular flexibility index (Phi) is 5.84. The topological polar surface area (TPSA) is 138 Å². The van der Waals surface area contributed by atoms with Gasteiger partial charge in [0, 0.05) is 37.2 Å². The van der Waals surface area contributed by atoms with Crippen molar-refractivity contribution in [2.24, 2.45) is 5.92 Å². The van der Waals surface area contributed by atoms with E-state index in [1.165, 1.54) is 35.6 Å². The van der Waals surface area contributed by atoms with Crippen LogP contribution < -0.4 is 20.7 Å². The molecule has 0 bridgehead atoms. The summed E-state index contributed by atoms with van der Waals surface area (Å²) in [5, 5.41) is 15.9. The quantitative estimate of drug-likeness (QED) is 0.431. The van der Waals surface area contributed by atoms with Crippen LogP contribution in [0.2, 0.25) is 0 Å². The lowest BCUT2D eigenvalue weighted by atomic mass is 10.1. The first kappa shape index (κ1) is 20.3. The molecule has 0 atom stereocenters. The zero-order chi connectivity index (χ0) is 27.6. The van der Waals surface area contributed by atoms with Gasteiger partial charge in [0.1, 0.15) is 9.88 Å². The Labute approximate surface area is 210 Å². The van der Waals surface area contributed by atoms with Crippen LogP contribution in [0.4, 0.5) is 17.2 Å². The van der Waals surface area contributed by atoms with Crippen molar-refractivity contribution >= 4 is 46.3 Å². The Balaban J connectivity index is 1.71. The SMILES string of the molecule is [2H]C([2H])([2H])NC(=O)c1nnc(NC(=O)C2CC2)cc1Nc1cccc(-c2ncc(C(=O)N(C)C)s2)c1OC. The van der Waals surface area contributed by atoms with E-state index in [9.17, 15) is 14.4 Å². The smallest absolute Gasteiger partial charge is 0.273 e. The number of anilines is 3. The van der Waals surface area contributed by atoms with Gasteiger partial charge in [0.25, 0.3) is 11.8 Å². The van der Waals surface area contributed by atoms with E-state index >= 15 is 0 Å². The number of para-hydroxylation sites is 1. The molecule has 11 nitrogen and oxygen atoms in total. The molecule has 1 saturated carbocycles. The number of hydrogen-bond donors (Lipinski definition) is 3. The molecule has 0 aliphatic heterocycles. The highest BCUT2D eigenvalue weighted by Gasteiger charge is 2.30. The van der Waals surface area contributed by atoms with Crippen LogP contribution in [-0.4, -0.2) is 66.0 Å². The highest BCUT2D eigenvalue weighted by molar-refractivity contribution is 7.16. The van der Waals surface area contributed by atoms with Gasteiger partial charge < -0.3 is 25.6 Å². The third-order valence-electron chi connectivity index (χ3n) is 5.16. The van der Waals surface area contributed by atoms with Crippen molar-refractivity contribution in [3.63, 3.8) is 0 Å². The van der Waals surface area contributed by atoms with Gasteiger partial charge in [-0.05, 0) is 25.0 Å². The molecule has 1 aliphatic rings. The van der Waals surface area contributed by atoms with Gasteiger partial charge in [-0.3, -0.25) is 14.4 Å². The number of carbonyl (C=O) groups excluding carboxylic acids is 3. The van der Waals surface area contributed by atoms with Crippen molar-refractivity contribution in [2.45, 2.75) is 12.8 Å². The molecule has 3 amide bonds. The van der Waals surface area contributed by atoms with Crippen LogP contribution in [0.5, 0.6) is 5.75 Å². The van der Waals surface area contributed by atoms with E-state index in [0.29, 0.717) is 26.9 Å². The maximum atomic E-state index is 12.7. The Morgan fingerprint density at radius 2 is 2.00 bits per heavy atom. The fraction of sp³-hybridized carbons (Fsp3) is 0.304. The second kappa shape index (κ2) is 10.1. The van der Waals surface area contributed by atoms with Crippen molar-refractivity contribution in [1.29, 1.82) is 0 Å². The molecule has 1 aromatic carbocycles. The molecule has 0 spiro atoms. The van der Waals surface area contributed by atoms with Gasteiger partial charge >= 0.3 is 0 Å². The molecule has 3 aromatic rings. The number of rotatable bonds is 8.